The van der Waals surface area contributed by atoms with Crippen LogP contribution >= 0.6 is 22.7 Å². The van der Waals surface area contributed by atoms with E-state index in [1.54, 1.807) is 28.7 Å². The highest BCUT2D eigenvalue weighted by atomic mass is 32.1. The molecule has 0 radical (unpaired) electrons. The Morgan fingerprint density at radius 1 is 1.53 bits per heavy atom. The molecule has 0 spiro atoms. The summed E-state index contributed by atoms with van der Waals surface area (Å²) in [5.74, 6) is -0.0608. The van der Waals surface area contributed by atoms with Crippen LogP contribution < -0.4 is 5.73 Å². The SMILES string of the molecule is CN(Cc1cccs1)C(=O)c1csc(CN)n1. The summed E-state index contributed by atoms with van der Waals surface area (Å²) in [6, 6.07) is 3.99. The van der Waals surface area contributed by atoms with Crippen molar-refractivity contribution in [3.63, 3.8) is 0 Å². The van der Waals surface area contributed by atoms with Gasteiger partial charge in [-0.05, 0) is 11.4 Å². The van der Waals surface area contributed by atoms with Gasteiger partial charge >= 0.3 is 0 Å². The molecule has 2 N–H and O–H groups in total. The second-order valence-corrected chi connectivity index (χ2v) is 5.55. The smallest absolute Gasteiger partial charge is 0.273 e. The maximum Gasteiger partial charge on any atom is 0.273 e. The van der Waals surface area contributed by atoms with E-state index in [2.05, 4.69) is 4.98 Å². The van der Waals surface area contributed by atoms with Gasteiger partial charge in [-0.25, -0.2) is 4.98 Å². The van der Waals surface area contributed by atoms with E-state index < -0.39 is 0 Å². The summed E-state index contributed by atoms with van der Waals surface area (Å²) in [5, 5.41) is 4.55. The Kier molecular flexibility index (Phi) is 3.88. The summed E-state index contributed by atoms with van der Waals surface area (Å²) in [4.78, 5) is 19.0. The summed E-state index contributed by atoms with van der Waals surface area (Å²) < 4.78 is 0. The fourth-order valence-corrected chi connectivity index (χ4v) is 2.81. The Morgan fingerprint density at radius 2 is 2.35 bits per heavy atom. The number of thiophene rings is 1. The van der Waals surface area contributed by atoms with E-state index in [4.69, 9.17) is 5.73 Å². The zero-order valence-corrected chi connectivity index (χ0v) is 11.1. The Hall–Kier alpha value is -1.24. The standard InChI is InChI=1S/C11H13N3OS2/c1-14(6-8-3-2-4-16-8)11(15)9-7-17-10(5-12)13-9/h2-4,7H,5-6,12H2,1H3. The predicted octanol–water partition coefficient (Wildman–Crippen LogP) is 1.94. The highest BCUT2D eigenvalue weighted by molar-refractivity contribution is 7.10. The number of rotatable bonds is 4. The quantitative estimate of drug-likeness (QED) is 0.921. The van der Waals surface area contributed by atoms with Crippen LogP contribution in [0.3, 0.4) is 0 Å². The third kappa shape index (κ3) is 2.91. The molecule has 0 fully saturated rings. The molecule has 17 heavy (non-hydrogen) atoms. The van der Waals surface area contributed by atoms with Crippen LogP contribution in [0.4, 0.5) is 0 Å². The molecule has 0 saturated carbocycles. The fourth-order valence-electron chi connectivity index (χ4n) is 1.41. The minimum absolute atomic E-state index is 0.0608. The third-order valence-electron chi connectivity index (χ3n) is 2.27. The topological polar surface area (TPSA) is 59.2 Å². The van der Waals surface area contributed by atoms with Gasteiger partial charge in [0.25, 0.3) is 5.91 Å². The molecule has 0 aliphatic rings. The minimum atomic E-state index is -0.0608. The lowest BCUT2D eigenvalue weighted by Crippen LogP contribution is -2.26. The number of thiazole rings is 1. The van der Waals surface area contributed by atoms with Crippen LogP contribution in [0.1, 0.15) is 20.4 Å². The minimum Gasteiger partial charge on any atom is -0.335 e. The first-order valence-corrected chi connectivity index (χ1v) is 6.89. The van der Waals surface area contributed by atoms with Gasteiger partial charge in [0, 0.05) is 23.8 Å². The van der Waals surface area contributed by atoms with Gasteiger partial charge in [0.15, 0.2) is 0 Å². The zero-order chi connectivity index (χ0) is 12.3. The molecule has 6 heteroatoms. The molecule has 0 aromatic carbocycles. The molecular formula is C11H13N3OS2. The Morgan fingerprint density at radius 3 is 2.94 bits per heavy atom. The molecule has 2 aromatic heterocycles. The second-order valence-electron chi connectivity index (χ2n) is 3.57. The molecule has 2 rings (SSSR count). The van der Waals surface area contributed by atoms with Gasteiger partial charge in [0.1, 0.15) is 10.7 Å². The average Bonchev–Trinajstić information content (AvgIpc) is 2.98. The van der Waals surface area contributed by atoms with Crippen LogP contribution in [-0.2, 0) is 13.1 Å². The summed E-state index contributed by atoms with van der Waals surface area (Å²) in [7, 11) is 1.78. The molecule has 2 aromatic rings. The van der Waals surface area contributed by atoms with E-state index in [0.717, 1.165) is 9.88 Å². The van der Waals surface area contributed by atoms with Crippen LogP contribution in [0, 0.1) is 0 Å². The van der Waals surface area contributed by atoms with E-state index in [9.17, 15) is 4.79 Å². The van der Waals surface area contributed by atoms with Crippen LogP contribution in [0.5, 0.6) is 0 Å². The van der Waals surface area contributed by atoms with Crippen LogP contribution in [0.25, 0.3) is 0 Å². The van der Waals surface area contributed by atoms with Crippen molar-refractivity contribution in [2.45, 2.75) is 13.1 Å². The van der Waals surface area contributed by atoms with Crippen molar-refractivity contribution in [2.75, 3.05) is 7.05 Å². The van der Waals surface area contributed by atoms with Crippen molar-refractivity contribution in [2.24, 2.45) is 5.73 Å². The monoisotopic (exact) mass is 267 g/mol. The Labute approximate surface area is 108 Å². The van der Waals surface area contributed by atoms with E-state index >= 15 is 0 Å². The van der Waals surface area contributed by atoms with Crippen molar-refractivity contribution in [3.8, 4) is 0 Å². The number of nitrogens with two attached hydrogens (primary N) is 1. The van der Waals surface area contributed by atoms with Gasteiger partial charge in [0.05, 0.1) is 6.54 Å². The van der Waals surface area contributed by atoms with Gasteiger partial charge in [-0.3, -0.25) is 4.79 Å². The Bertz CT molecular complexity index is 493. The molecule has 0 atom stereocenters. The number of carbonyl (C=O) groups is 1. The molecule has 2 heterocycles. The van der Waals surface area contributed by atoms with Crippen molar-refractivity contribution in [1.82, 2.24) is 9.88 Å². The Balaban J connectivity index is 2.04. The molecular weight excluding hydrogens is 254 g/mol. The lowest BCUT2D eigenvalue weighted by atomic mass is 10.4. The molecule has 1 amide bonds. The number of amides is 1. The van der Waals surface area contributed by atoms with Gasteiger partial charge in [-0.2, -0.15) is 0 Å². The largest absolute Gasteiger partial charge is 0.335 e. The molecule has 0 aliphatic carbocycles. The number of hydrogen-bond donors (Lipinski definition) is 1. The number of hydrogen-bond acceptors (Lipinski definition) is 5. The number of aromatic nitrogens is 1. The van der Waals surface area contributed by atoms with Gasteiger partial charge < -0.3 is 10.6 Å². The molecule has 4 nitrogen and oxygen atoms in total. The van der Waals surface area contributed by atoms with Crippen LogP contribution in [-0.4, -0.2) is 22.8 Å². The lowest BCUT2D eigenvalue weighted by molar-refractivity contribution is 0.0781. The predicted molar refractivity (Wildman–Crippen MR) is 70.1 cm³/mol. The number of nitrogens with zero attached hydrogens (tertiary/aromatic N) is 2. The van der Waals surface area contributed by atoms with Crippen LogP contribution in [0.15, 0.2) is 22.9 Å². The van der Waals surface area contributed by atoms with Gasteiger partial charge in [-0.1, -0.05) is 6.07 Å². The maximum absolute atomic E-state index is 12.0. The summed E-state index contributed by atoms with van der Waals surface area (Å²) in [6.07, 6.45) is 0. The highest BCUT2D eigenvalue weighted by Crippen LogP contribution is 2.14. The first-order chi connectivity index (χ1) is 8.20. The van der Waals surface area contributed by atoms with E-state index in [0.29, 0.717) is 18.8 Å². The molecule has 90 valence electrons. The normalized spacial score (nSPS) is 10.5. The van der Waals surface area contributed by atoms with Crippen molar-refractivity contribution in [1.29, 1.82) is 0 Å². The first kappa shape index (κ1) is 12.2. The average molecular weight is 267 g/mol. The van der Waals surface area contributed by atoms with Crippen molar-refractivity contribution >= 4 is 28.6 Å². The van der Waals surface area contributed by atoms with E-state index in [-0.39, 0.29) is 5.91 Å². The lowest BCUT2D eigenvalue weighted by Gasteiger charge is -2.14. The van der Waals surface area contributed by atoms with Gasteiger partial charge in [-0.15, -0.1) is 22.7 Å². The summed E-state index contributed by atoms with van der Waals surface area (Å²) in [6.45, 7) is 0.999. The van der Waals surface area contributed by atoms with E-state index in [1.807, 2.05) is 17.5 Å². The van der Waals surface area contributed by atoms with Gasteiger partial charge in [0.2, 0.25) is 0 Å². The third-order valence-corrected chi connectivity index (χ3v) is 4.00. The van der Waals surface area contributed by atoms with Crippen LogP contribution in [0.2, 0.25) is 0 Å². The second kappa shape index (κ2) is 5.39. The molecule has 0 unspecified atom stereocenters. The zero-order valence-electron chi connectivity index (χ0n) is 9.42. The fraction of sp³-hybridized carbons (Fsp3) is 0.273. The number of carbonyl (C=O) groups excluding carboxylic acids is 1. The van der Waals surface area contributed by atoms with E-state index in [1.165, 1.54) is 11.3 Å². The summed E-state index contributed by atoms with van der Waals surface area (Å²) in [5.41, 5.74) is 5.95. The molecule has 0 aliphatic heterocycles. The highest BCUT2D eigenvalue weighted by Gasteiger charge is 2.15. The first-order valence-electron chi connectivity index (χ1n) is 5.13. The summed E-state index contributed by atoms with van der Waals surface area (Å²) >= 11 is 3.06. The van der Waals surface area contributed by atoms with Crippen molar-refractivity contribution in [3.05, 3.63) is 38.5 Å². The molecule has 0 bridgehead atoms. The van der Waals surface area contributed by atoms with Crippen molar-refractivity contribution < 1.29 is 4.79 Å². The molecule has 0 saturated heterocycles. The maximum atomic E-state index is 12.0.